The third-order valence-corrected chi connectivity index (χ3v) is 3.66. The van der Waals surface area contributed by atoms with Gasteiger partial charge in [-0.25, -0.2) is 0 Å². The third kappa shape index (κ3) is 5.03. The van der Waals surface area contributed by atoms with Crippen molar-refractivity contribution in [2.45, 2.75) is 6.54 Å². The number of nitrogens with one attached hydrogen (secondary N) is 1. The molecule has 0 aliphatic carbocycles. The molecule has 0 unspecified atom stereocenters. The third-order valence-electron chi connectivity index (χ3n) is 3.42. The molecule has 0 aromatic heterocycles. The van der Waals surface area contributed by atoms with Gasteiger partial charge in [-0.05, 0) is 29.8 Å². The summed E-state index contributed by atoms with van der Waals surface area (Å²) in [6, 6.07) is 10.2. The van der Waals surface area contributed by atoms with Crippen molar-refractivity contribution in [1.82, 2.24) is 5.32 Å². The van der Waals surface area contributed by atoms with Crippen LogP contribution in [0.15, 0.2) is 36.4 Å². The van der Waals surface area contributed by atoms with E-state index in [0.717, 1.165) is 5.56 Å². The minimum Gasteiger partial charge on any atom is -0.493 e. The Morgan fingerprint density at radius 1 is 1.12 bits per heavy atom. The van der Waals surface area contributed by atoms with Crippen LogP contribution in [0.25, 0.3) is 0 Å². The van der Waals surface area contributed by atoms with E-state index in [0.29, 0.717) is 17.1 Å². The van der Waals surface area contributed by atoms with E-state index < -0.39 is 5.91 Å². The Balaban J connectivity index is 2.19. The number of carbonyl (C=O) groups excluding carboxylic acids is 2. The van der Waals surface area contributed by atoms with Crippen LogP contribution in [0.5, 0.6) is 17.2 Å². The molecule has 0 spiro atoms. The van der Waals surface area contributed by atoms with Crippen LogP contribution in [-0.4, -0.2) is 32.6 Å². The Hall–Kier alpha value is -2.93. The minimum absolute atomic E-state index is 0.195. The van der Waals surface area contributed by atoms with Crippen LogP contribution in [0.2, 0.25) is 5.02 Å². The van der Waals surface area contributed by atoms with Gasteiger partial charge in [-0.2, -0.15) is 0 Å². The largest absolute Gasteiger partial charge is 0.493 e. The van der Waals surface area contributed by atoms with Crippen molar-refractivity contribution in [3.8, 4) is 17.2 Å². The van der Waals surface area contributed by atoms with Gasteiger partial charge in [0.15, 0.2) is 18.1 Å². The number of hydrogen-bond donors (Lipinski definition) is 2. The molecule has 2 rings (SSSR count). The summed E-state index contributed by atoms with van der Waals surface area (Å²) in [5, 5.41) is 3.38. The Labute approximate surface area is 156 Å². The number of rotatable bonds is 8. The lowest BCUT2D eigenvalue weighted by molar-refractivity contribution is -0.120. The molecule has 0 atom stereocenters. The lowest BCUT2D eigenvalue weighted by atomic mass is 10.1. The maximum absolute atomic E-state index is 12.4. The average Bonchev–Trinajstić information content (AvgIpc) is 2.63. The molecule has 2 aromatic rings. The highest BCUT2D eigenvalue weighted by Crippen LogP contribution is 2.38. The SMILES string of the molecule is COc1cc(C(=O)NCc2cccc(Cl)c2)cc(OC)c1OCC(N)=O. The fourth-order valence-corrected chi connectivity index (χ4v) is 2.44. The summed E-state index contributed by atoms with van der Waals surface area (Å²) in [5.74, 6) is -0.280. The fraction of sp³-hybridized carbons (Fsp3) is 0.222. The van der Waals surface area contributed by atoms with Gasteiger partial charge in [-0.3, -0.25) is 9.59 Å². The maximum atomic E-state index is 12.4. The molecule has 0 aliphatic rings. The lowest BCUT2D eigenvalue weighted by Crippen LogP contribution is -2.23. The van der Waals surface area contributed by atoms with E-state index in [4.69, 9.17) is 31.5 Å². The highest BCUT2D eigenvalue weighted by atomic mass is 35.5. The second kappa shape index (κ2) is 8.96. The zero-order valence-corrected chi connectivity index (χ0v) is 15.1. The highest BCUT2D eigenvalue weighted by molar-refractivity contribution is 6.30. The number of nitrogens with two attached hydrogens (primary N) is 1. The topological polar surface area (TPSA) is 99.9 Å². The van der Waals surface area contributed by atoms with Gasteiger partial charge in [0.05, 0.1) is 14.2 Å². The minimum atomic E-state index is -0.641. The van der Waals surface area contributed by atoms with Crippen LogP contribution < -0.4 is 25.3 Å². The van der Waals surface area contributed by atoms with E-state index in [-0.39, 0.29) is 29.8 Å². The van der Waals surface area contributed by atoms with E-state index in [2.05, 4.69) is 5.32 Å². The van der Waals surface area contributed by atoms with Gasteiger partial charge in [0.1, 0.15) is 0 Å². The van der Waals surface area contributed by atoms with Gasteiger partial charge in [-0.15, -0.1) is 0 Å². The van der Waals surface area contributed by atoms with Crippen LogP contribution in [0.4, 0.5) is 0 Å². The average molecular weight is 379 g/mol. The zero-order valence-electron chi connectivity index (χ0n) is 14.4. The molecule has 0 radical (unpaired) electrons. The Kier molecular flexibility index (Phi) is 6.68. The molecule has 8 heteroatoms. The molecule has 2 aromatic carbocycles. The summed E-state index contributed by atoms with van der Waals surface area (Å²) in [4.78, 5) is 23.4. The van der Waals surface area contributed by atoms with Gasteiger partial charge in [0.25, 0.3) is 11.8 Å². The Morgan fingerprint density at radius 2 is 1.77 bits per heavy atom. The predicted molar refractivity (Wildman–Crippen MR) is 96.9 cm³/mol. The Morgan fingerprint density at radius 3 is 2.31 bits per heavy atom. The van der Waals surface area contributed by atoms with Crippen LogP contribution in [-0.2, 0) is 11.3 Å². The summed E-state index contributed by atoms with van der Waals surface area (Å²) >= 11 is 5.93. The van der Waals surface area contributed by atoms with Crippen LogP contribution in [0.3, 0.4) is 0 Å². The number of ether oxygens (including phenoxy) is 3. The van der Waals surface area contributed by atoms with E-state index in [1.165, 1.54) is 26.4 Å². The first-order valence-electron chi connectivity index (χ1n) is 7.64. The van der Waals surface area contributed by atoms with Gasteiger partial charge in [0, 0.05) is 17.1 Å². The van der Waals surface area contributed by atoms with Crippen LogP contribution in [0, 0.1) is 0 Å². The number of halogens is 1. The fourth-order valence-electron chi connectivity index (χ4n) is 2.23. The Bertz CT molecular complexity index is 785. The summed E-state index contributed by atoms with van der Waals surface area (Å²) in [5.41, 5.74) is 6.27. The van der Waals surface area contributed by atoms with E-state index in [1.54, 1.807) is 18.2 Å². The molecule has 2 amide bonds. The van der Waals surface area contributed by atoms with Crippen molar-refractivity contribution in [3.05, 3.63) is 52.5 Å². The van der Waals surface area contributed by atoms with E-state index in [9.17, 15) is 9.59 Å². The molecule has 3 N–H and O–H groups in total. The standard InChI is InChI=1S/C18H19ClN2O5/c1-24-14-7-12(8-15(25-2)17(14)26-10-16(20)22)18(23)21-9-11-4-3-5-13(19)6-11/h3-8H,9-10H2,1-2H3,(H2,20,22)(H,21,23). The summed E-state index contributed by atoms with van der Waals surface area (Å²) in [7, 11) is 2.83. The molecule has 138 valence electrons. The molecular weight excluding hydrogens is 360 g/mol. The van der Waals surface area contributed by atoms with Crippen LogP contribution >= 0.6 is 11.6 Å². The molecule has 0 saturated carbocycles. The van der Waals surface area contributed by atoms with Crippen molar-refractivity contribution in [3.63, 3.8) is 0 Å². The first kappa shape index (κ1) is 19.4. The quantitative estimate of drug-likeness (QED) is 0.733. The van der Waals surface area contributed by atoms with Crippen molar-refractivity contribution in [1.29, 1.82) is 0 Å². The van der Waals surface area contributed by atoms with Crippen molar-refractivity contribution in [2.24, 2.45) is 5.73 Å². The van der Waals surface area contributed by atoms with Crippen molar-refractivity contribution >= 4 is 23.4 Å². The van der Waals surface area contributed by atoms with E-state index >= 15 is 0 Å². The van der Waals surface area contributed by atoms with E-state index in [1.807, 2.05) is 6.07 Å². The summed E-state index contributed by atoms with van der Waals surface area (Å²) < 4.78 is 15.8. The van der Waals surface area contributed by atoms with Gasteiger partial charge in [-0.1, -0.05) is 23.7 Å². The number of hydrogen-bond acceptors (Lipinski definition) is 5. The molecule has 0 saturated heterocycles. The molecule has 0 heterocycles. The number of methoxy groups -OCH3 is 2. The number of amides is 2. The zero-order chi connectivity index (χ0) is 19.1. The smallest absolute Gasteiger partial charge is 0.255 e. The predicted octanol–water partition coefficient (Wildman–Crippen LogP) is 2.15. The van der Waals surface area contributed by atoms with Gasteiger partial charge < -0.3 is 25.3 Å². The molecular formula is C18H19ClN2O5. The molecule has 0 bridgehead atoms. The lowest BCUT2D eigenvalue weighted by Gasteiger charge is -2.15. The monoisotopic (exact) mass is 378 g/mol. The van der Waals surface area contributed by atoms with Gasteiger partial charge >= 0.3 is 0 Å². The normalized spacial score (nSPS) is 10.1. The van der Waals surface area contributed by atoms with Crippen LogP contribution in [0.1, 0.15) is 15.9 Å². The molecule has 7 nitrogen and oxygen atoms in total. The molecule has 0 aliphatic heterocycles. The highest BCUT2D eigenvalue weighted by Gasteiger charge is 2.18. The summed E-state index contributed by atoms with van der Waals surface area (Å²) in [6.07, 6.45) is 0. The maximum Gasteiger partial charge on any atom is 0.255 e. The second-order valence-electron chi connectivity index (χ2n) is 5.28. The number of benzene rings is 2. The number of carbonyl (C=O) groups is 2. The van der Waals surface area contributed by atoms with Crippen molar-refractivity contribution < 1.29 is 23.8 Å². The molecule has 26 heavy (non-hydrogen) atoms. The van der Waals surface area contributed by atoms with Gasteiger partial charge in [0.2, 0.25) is 5.75 Å². The van der Waals surface area contributed by atoms with Crippen molar-refractivity contribution in [2.75, 3.05) is 20.8 Å². The second-order valence-corrected chi connectivity index (χ2v) is 5.71. The number of primary amides is 1. The summed E-state index contributed by atoms with van der Waals surface area (Å²) in [6.45, 7) is -0.0308. The molecule has 0 fully saturated rings. The first-order valence-corrected chi connectivity index (χ1v) is 8.02. The first-order chi connectivity index (χ1) is 12.4.